The molecule has 1 atom stereocenters. The Labute approximate surface area is 145 Å². The average molecular weight is 350 g/mol. The number of rotatable bonds is 6. The van der Waals surface area contributed by atoms with Gasteiger partial charge in [0, 0.05) is 6.54 Å². The fourth-order valence-electron chi connectivity index (χ4n) is 2.56. The summed E-state index contributed by atoms with van der Waals surface area (Å²) in [6.07, 6.45) is -4.33. The molecule has 1 unspecified atom stereocenters. The van der Waals surface area contributed by atoms with Crippen LogP contribution in [0.3, 0.4) is 0 Å². The maximum Gasteiger partial charge on any atom is 0.416 e. The molecule has 2 aromatic rings. The lowest BCUT2D eigenvalue weighted by molar-refractivity contribution is -0.137. The van der Waals surface area contributed by atoms with Crippen LogP contribution in [0.25, 0.3) is 11.1 Å². The highest BCUT2D eigenvalue weighted by Crippen LogP contribution is 2.31. The van der Waals surface area contributed by atoms with Gasteiger partial charge in [-0.05, 0) is 34.7 Å². The van der Waals surface area contributed by atoms with Gasteiger partial charge >= 0.3 is 6.18 Å². The predicted octanol–water partition coefficient (Wildman–Crippen LogP) is 3.97. The first-order chi connectivity index (χ1) is 11.7. The normalized spacial score (nSPS) is 13.0. The first-order valence-electron chi connectivity index (χ1n) is 7.97. The molecule has 0 radical (unpaired) electrons. The smallest absolute Gasteiger partial charge is 0.368 e. The molecule has 3 nitrogen and oxygen atoms in total. The van der Waals surface area contributed by atoms with Crippen LogP contribution in [0.2, 0.25) is 0 Å². The molecule has 3 N–H and O–H groups in total. The molecule has 0 aliphatic carbocycles. The number of carbonyl (C=O) groups is 1. The first kappa shape index (κ1) is 19.0. The van der Waals surface area contributed by atoms with Crippen molar-refractivity contribution in [3.63, 3.8) is 0 Å². The fraction of sp³-hybridized carbons (Fsp3) is 0.316. The fourth-order valence-corrected chi connectivity index (χ4v) is 2.56. The van der Waals surface area contributed by atoms with Crippen molar-refractivity contribution >= 4 is 5.91 Å². The monoisotopic (exact) mass is 350 g/mol. The number of carbonyl (C=O) groups excluding carboxylic acids is 1. The van der Waals surface area contributed by atoms with Crippen molar-refractivity contribution < 1.29 is 18.0 Å². The van der Waals surface area contributed by atoms with Gasteiger partial charge in [-0.3, -0.25) is 4.79 Å². The summed E-state index contributed by atoms with van der Waals surface area (Å²) in [7, 11) is 0. The maximum absolute atomic E-state index is 12.6. The van der Waals surface area contributed by atoms with E-state index in [4.69, 9.17) is 5.73 Å². The van der Waals surface area contributed by atoms with Gasteiger partial charge in [-0.1, -0.05) is 50.2 Å². The summed E-state index contributed by atoms with van der Waals surface area (Å²) in [5, 5.41) is 3.12. The lowest BCUT2D eigenvalue weighted by atomic mass is 10.0. The predicted molar refractivity (Wildman–Crippen MR) is 91.5 cm³/mol. The highest BCUT2D eigenvalue weighted by Gasteiger charge is 2.29. The Hall–Kier alpha value is -2.34. The van der Waals surface area contributed by atoms with Crippen LogP contribution < -0.4 is 11.1 Å². The summed E-state index contributed by atoms with van der Waals surface area (Å²) in [5.74, 6) is -0.305. The van der Waals surface area contributed by atoms with Crippen molar-refractivity contribution in [2.75, 3.05) is 0 Å². The van der Waals surface area contributed by atoms with Crippen LogP contribution in [-0.2, 0) is 17.5 Å². The third-order valence-electron chi connectivity index (χ3n) is 4.00. The van der Waals surface area contributed by atoms with E-state index in [0.717, 1.165) is 23.3 Å². The zero-order valence-corrected chi connectivity index (χ0v) is 14.1. The van der Waals surface area contributed by atoms with Crippen molar-refractivity contribution in [1.29, 1.82) is 0 Å². The summed E-state index contributed by atoms with van der Waals surface area (Å²) < 4.78 is 37.8. The molecule has 2 rings (SSSR count). The van der Waals surface area contributed by atoms with E-state index < -0.39 is 23.7 Å². The molecule has 25 heavy (non-hydrogen) atoms. The molecular weight excluding hydrogens is 329 g/mol. The largest absolute Gasteiger partial charge is 0.416 e. The first-order valence-corrected chi connectivity index (χ1v) is 7.97. The van der Waals surface area contributed by atoms with E-state index in [0.29, 0.717) is 12.1 Å². The number of benzene rings is 2. The summed E-state index contributed by atoms with van der Waals surface area (Å²) >= 11 is 0. The molecule has 2 aromatic carbocycles. The molecule has 0 bridgehead atoms. The minimum atomic E-state index is -4.33. The molecule has 1 amide bonds. The highest BCUT2D eigenvalue weighted by atomic mass is 19.4. The Morgan fingerprint density at radius 1 is 1.00 bits per heavy atom. The van der Waals surface area contributed by atoms with Gasteiger partial charge in [-0.25, -0.2) is 0 Å². The van der Waals surface area contributed by atoms with Gasteiger partial charge in [0.1, 0.15) is 0 Å². The van der Waals surface area contributed by atoms with Gasteiger partial charge in [0.25, 0.3) is 0 Å². The minimum Gasteiger partial charge on any atom is -0.368 e. The van der Waals surface area contributed by atoms with Gasteiger partial charge in [-0.2, -0.15) is 13.2 Å². The van der Waals surface area contributed by atoms with Gasteiger partial charge < -0.3 is 11.1 Å². The summed E-state index contributed by atoms with van der Waals surface area (Å²) in [6, 6.07) is 12.1. The number of halogens is 3. The van der Waals surface area contributed by atoms with E-state index in [1.54, 1.807) is 0 Å². The number of nitrogens with one attached hydrogen (secondary N) is 1. The zero-order chi connectivity index (χ0) is 18.6. The van der Waals surface area contributed by atoms with Crippen LogP contribution in [0.15, 0.2) is 48.5 Å². The van der Waals surface area contributed by atoms with E-state index >= 15 is 0 Å². The van der Waals surface area contributed by atoms with Crippen LogP contribution in [0, 0.1) is 5.92 Å². The van der Waals surface area contributed by atoms with E-state index in [2.05, 4.69) is 5.32 Å². The quantitative estimate of drug-likeness (QED) is 0.828. The van der Waals surface area contributed by atoms with Crippen molar-refractivity contribution in [1.82, 2.24) is 5.32 Å². The number of alkyl halides is 3. The van der Waals surface area contributed by atoms with E-state index in [-0.39, 0.29) is 5.92 Å². The second-order valence-electron chi connectivity index (χ2n) is 6.28. The van der Waals surface area contributed by atoms with Crippen LogP contribution >= 0.6 is 0 Å². The summed E-state index contributed by atoms with van der Waals surface area (Å²) in [4.78, 5) is 11.4. The van der Waals surface area contributed by atoms with Crippen molar-refractivity contribution in [2.24, 2.45) is 11.7 Å². The second-order valence-corrected chi connectivity index (χ2v) is 6.28. The number of amides is 1. The van der Waals surface area contributed by atoms with E-state index in [1.165, 1.54) is 12.1 Å². The Kier molecular flexibility index (Phi) is 5.85. The maximum atomic E-state index is 12.6. The molecule has 0 aliphatic heterocycles. The van der Waals surface area contributed by atoms with Crippen LogP contribution in [-0.4, -0.2) is 11.9 Å². The van der Waals surface area contributed by atoms with Crippen molar-refractivity contribution in [3.8, 4) is 11.1 Å². The minimum absolute atomic E-state index is 0.0870. The molecular formula is C19H21F3N2O. The lowest BCUT2D eigenvalue weighted by Gasteiger charge is -2.19. The molecule has 0 fully saturated rings. The van der Waals surface area contributed by atoms with Gasteiger partial charge in [-0.15, -0.1) is 0 Å². The highest BCUT2D eigenvalue weighted by molar-refractivity contribution is 5.80. The SMILES string of the molecule is CC(C)C(NCc1ccc(-c2ccc(C(F)(F)F)cc2)cc1)C(N)=O. The number of hydrogen-bond donors (Lipinski definition) is 2. The lowest BCUT2D eigenvalue weighted by Crippen LogP contribution is -2.44. The van der Waals surface area contributed by atoms with Crippen LogP contribution in [0.4, 0.5) is 13.2 Å². The molecule has 0 aromatic heterocycles. The Balaban J connectivity index is 2.06. The molecule has 0 spiro atoms. The third kappa shape index (κ3) is 5.06. The summed E-state index contributed by atoms with van der Waals surface area (Å²) in [5.41, 5.74) is 7.20. The second kappa shape index (κ2) is 7.70. The van der Waals surface area contributed by atoms with Crippen LogP contribution in [0.1, 0.15) is 25.0 Å². The summed E-state index contributed by atoms with van der Waals surface area (Å²) in [6.45, 7) is 4.31. The van der Waals surface area contributed by atoms with Crippen LogP contribution in [0.5, 0.6) is 0 Å². The average Bonchev–Trinajstić information content (AvgIpc) is 2.54. The number of hydrogen-bond acceptors (Lipinski definition) is 2. The third-order valence-corrected chi connectivity index (χ3v) is 4.00. The van der Waals surface area contributed by atoms with Crippen molar-refractivity contribution in [2.45, 2.75) is 32.6 Å². The van der Waals surface area contributed by atoms with Crippen molar-refractivity contribution in [3.05, 3.63) is 59.7 Å². The Bertz CT molecular complexity index is 707. The number of nitrogens with two attached hydrogens (primary N) is 1. The van der Waals surface area contributed by atoms with E-state index in [9.17, 15) is 18.0 Å². The van der Waals surface area contributed by atoms with Gasteiger partial charge in [0.2, 0.25) is 5.91 Å². The molecule has 6 heteroatoms. The van der Waals surface area contributed by atoms with Gasteiger partial charge in [0.15, 0.2) is 0 Å². The standard InChI is InChI=1S/C19H21F3N2O/c1-12(2)17(18(23)25)24-11-13-3-5-14(6-4-13)15-7-9-16(10-8-15)19(20,21)22/h3-10,12,17,24H,11H2,1-2H3,(H2,23,25). The van der Waals surface area contributed by atoms with Gasteiger partial charge in [0.05, 0.1) is 11.6 Å². The molecule has 0 heterocycles. The Morgan fingerprint density at radius 3 is 1.88 bits per heavy atom. The zero-order valence-electron chi connectivity index (χ0n) is 14.1. The topological polar surface area (TPSA) is 55.1 Å². The molecule has 0 saturated carbocycles. The molecule has 0 aliphatic rings. The molecule has 0 saturated heterocycles. The van der Waals surface area contributed by atoms with E-state index in [1.807, 2.05) is 38.1 Å². The number of primary amides is 1. The Morgan fingerprint density at radius 2 is 1.48 bits per heavy atom. The molecule has 134 valence electrons.